The molecule has 5 nitrogen and oxygen atoms in total. The van der Waals surface area contributed by atoms with Crippen molar-refractivity contribution in [2.45, 2.75) is 31.5 Å². The van der Waals surface area contributed by atoms with Gasteiger partial charge in [-0.3, -0.25) is 4.90 Å². The second-order valence-electron chi connectivity index (χ2n) is 4.53. The molecule has 1 aliphatic rings. The number of halogens is 3. The van der Waals surface area contributed by atoms with E-state index in [1.54, 1.807) is 11.9 Å². The zero-order valence-electron chi connectivity index (χ0n) is 10.2. The number of carboxylic acids is 1. The molecule has 1 atom stereocenters. The molecule has 106 valence electrons. The van der Waals surface area contributed by atoms with Crippen LogP contribution in [-0.2, 0) is 6.18 Å². The van der Waals surface area contributed by atoms with Crippen molar-refractivity contribution in [3.63, 3.8) is 0 Å². The number of oxazole rings is 1. The van der Waals surface area contributed by atoms with E-state index >= 15 is 0 Å². The fourth-order valence-corrected chi connectivity index (χ4v) is 2.25. The summed E-state index contributed by atoms with van der Waals surface area (Å²) in [4.78, 5) is 16.2. The molecule has 0 bridgehead atoms. The monoisotopic (exact) mass is 278 g/mol. The third kappa shape index (κ3) is 2.73. The number of carboxylic acid groups (broad SMARTS) is 1. The van der Waals surface area contributed by atoms with Crippen LogP contribution in [0.3, 0.4) is 0 Å². The maximum atomic E-state index is 12.5. The van der Waals surface area contributed by atoms with Gasteiger partial charge in [0.15, 0.2) is 0 Å². The van der Waals surface area contributed by atoms with Crippen LogP contribution in [0.15, 0.2) is 4.42 Å². The minimum absolute atomic E-state index is 0.137. The highest BCUT2D eigenvalue weighted by atomic mass is 19.4. The number of nitrogens with zero attached hydrogens (tertiary/aromatic N) is 2. The number of hydrogen-bond acceptors (Lipinski definition) is 4. The number of aromatic nitrogens is 1. The molecule has 19 heavy (non-hydrogen) atoms. The quantitative estimate of drug-likeness (QED) is 0.900. The van der Waals surface area contributed by atoms with Crippen LogP contribution < -0.4 is 0 Å². The molecule has 0 aliphatic carbocycles. The van der Waals surface area contributed by atoms with Gasteiger partial charge in [0.25, 0.3) is 0 Å². The lowest BCUT2D eigenvalue weighted by molar-refractivity contribution is -0.157. The lowest BCUT2D eigenvalue weighted by atomic mass is 9.99. The zero-order valence-corrected chi connectivity index (χ0v) is 10.2. The van der Waals surface area contributed by atoms with Gasteiger partial charge in [0, 0.05) is 0 Å². The molecule has 2 rings (SSSR count). The first-order valence-electron chi connectivity index (χ1n) is 5.82. The second kappa shape index (κ2) is 4.84. The fraction of sp³-hybridized carbons (Fsp3) is 0.636. The minimum Gasteiger partial charge on any atom is -0.475 e. The predicted octanol–water partition coefficient (Wildman–Crippen LogP) is 2.55. The van der Waals surface area contributed by atoms with Crippen LogP contribution in [0.5, 0.6) is 0 Å². The van der Waals surface area contributed by atoms with Gasteiger partial charge in [0.05, 0.1) is 6.04 Å². The molecule has 1 fully saturated rings. The van der Waals surface area contributed by atoms with E-state index in [1.807, 2.05) is 0 Å². The molecular weight excluding hydrogens is 265 g/mol. The summed E-state index contributed by atoms with van der Waals surface area (Å²) in [5.41, 5.74) is -0.137. The van der Waals surface area contributed by atoms with Gasteiger partial charge < -0.3 is 9.52 Å². The van der Waals surface area contributed by atoms with Crippen LogP contribution in [0.1, 0.15) is 47.4 Å². The fourth-order valence-electron chi connectivity index (χ4n) is 2.25. The van der Waals surface area contributed by atoms with E-state index in [-0.39, 0.29) is 5.69 Å². The van der Waals surface area contributed by atoms with Crippen LogP contribution in [0.25, 0.3) is 0 Å². The topological polar surface area (TPSA) is 66.6 Å². The van der Waals surface area contributed by atoms with E-state index in [0.29, 0.717) is 13.0 Å². The Hall–Kier alpha value is -1.57. The molecule has 1 aromatic heterocycles. The number of rotatable bonds is 2. The standard InChI is InChI=1S/C11H13F3N2O3/c1-16-5-3-2-4-6(16)7-8(9(17)18)19-10(15-7)11(12,13)14/h6H,2-5H2,1H3,(H,17,18). The Morgan fingerprint density at radius 1 is 1.47 bits per heavy atom. The molecule has 1 saturated heterocycles. The van der Waals surface area contributed by atoms with Gasteiger partial charge in [-0.1, -0.05) is 6.42 Å². The van der Waals surface area contributed by atoms with Crippen molar-refractivity contribution >= 4 is 5.97 Å². The summed E-state index contributed by atoms with van der Waals surface area (Å²) >= 11 is 0. The SMILES string of the molecule is CN1CCCCC1c1nc(C(F)(F)F)oc1C(=O)O. The molecule has 0 aromatic carbocycles. The highest BCUT2D eigenvalue weighted by molar-refractivity contribution is 5.85. The Labute approximate surface area is 107 Å². The molecule has 0 spiro atoms. The number of likely N-dealkylation sites (tertiary alicyclic amines) is 1. The van der Waals surface area contributed by atoms with Gasteiger partial charge >= 0.3 is 18.0 Å². The van der Waals surface area contributed by atoms with Gasteiger partial charge in [-0.2, -0.15) is 13.2 Å². The maximum Gasteiger partial charge on any atom is 0.468 e. The average Bonchev–Trinajstić information content (AvgIpc) is 2.74. The molecule has 1 aliphatic heterocycles. The summed E-state index contributed by atoms with van der Waals surface area (Å²) < 4.78 is 42.0. The number of aromatic carboxylic acids is 1. The first-order valence-corrected chi connectivity index (χ1v) is 5.82. The van der Waals surface area contributed by atoms with Gasteiger partial charge in [-0.05, 0) is 26.4 Å². The summed E-state index contributed by atoms with van der Waals surface area (Å²) in [5, 5.41) is 8.94. The molecule has 1 N–H and O–H groups in total. The number of hydrogen-bond donors (Lipinski definition) is 1. The molecule has 0 amide bonds. The van der Waals surface area contributed by atoms with Gasteiger partial charge in [-0.15, -0.1) is 0 Å². The van der Waals surface area contributed by atoms with Crippen LogP contribution in [0.4, 0.5) is 13.2 Å². The molecule has 0 saturated carbocycles. The van der Waals surface area contributed by atoms with Crippen molar-refractivity contribution < 1.29 is 27.5 Å². The smallest absolute Gasteiger partial charge is 0.468 e. The van der Waals surface area contributed by atoms with E-state index in [2.05, 4.69) is 9.40 Å². The van der Waals surface area contributed by atoms with Crippen molar-refractivity contribution in [3.05, 3.63) is 17.3 Å². The van der Waals surface area contributed by atoms with Crippen LogP contribution >= 0.6 is 0 Å². The van der Waals surface area contributed by atoms with E-state index in [0.717, 1.165) is 12.8 Å². The summed E-state index contributed by atoms with van der Waals surface area (Å²) in [5.74, 6) is -3.75. The van der Waals surface area contributed by atoms with Gasteiger partial charge in [0.2, 0.25) is 5.76 Å². The molecule has 1 unspecified atom stereocenters. The summed E-state index contributed by atoms with van der Waals surface area (Å²) in [7, 11) is 1.73. The van der Waals surface area contributed by atoms with Crippen LogP contribution in [-0.4, -0.2) is 34.6 Å². The van der Waals surface area contributed by atoms with Crippen molar-refractivity contribution in [1.29, 1.82) is 0 Å². The Balaban J connectivity index is 2.43. The second-order valence-corrected chi connectivity index (χ2v) is 4.53. The highest BCUT2D eigenvalue weighted by Gasteiger charge is 2.41. The molecule has 2 heterocycles. The van der Waals surface area contributed by atoms with E-state index in [1.165, 1.54) is 0 Å². The third-order valence-electron chi connectivity index (χ3n) is 3.18. The third-order valence-corrected chi connectivity index (χ3v) is 3.18. The Morgan fingerprint density at radius 2 is 2.16 bits per heavy atom. The molecule has 8 heteroatoms. The normalized spacial score (nSPS) is 21.6. The van der Waals surface area contributed by atoms with Gasteiger partial charge in [-0.25, -0.2) is 9.78 Å². The summed E-state index contributed by atoms with van der Waals surface area (Å²) in [6.45, 7) is 0.692. The van der Waals surface area contributed by atoms with Crippen molar-refractivity contribution in [2.75, 3.05) is 13.6 Å². The van der Waals surface area contributed by atoms with E-state index in [9.17, 15) is 18.0 Å². The molecule has 1 aromatic rings. The minimum atomic E-state index is -4.78. The summed E-state index contributed by atoms with van der Waals surface area (Å²) in [6.07, 6.45) is -2.46. The van der Waals surface area contributed by atoms with Gasteiger partial charge in [0.1, 0.15) is 5.69 Å². The van der Waals surface area contributed by atoms with E-state index in [4.69, 9.17) is 5.11 Å². The highest BCUT2D eigenvalue weighted by Crippen LogP contribution is 2.36. The first kappa shape index (κ1) is 13.9. The zero-order chi connectivity index (χ0) is 14.2. The summed E-state index contributed by atoms with van der Waals surface area (Å²) in [6, 6.07) is -0.445. The van der Waals surface area contributed by atoms with Crippen molar-refractivity contribution in [1.82, 2.24) is 9.88 Å². The average molecular weight is 278 g/mol. The predicted molar refractivity (Wildman–Crippen MR) is 57.7 cm³/mol. The number of alkyl halides is 3. The number of piperidine rings is 1. The molecule has 0 radical (unpaired) electrons. The van der Waals surface area contributed by atoms with Crippen molar-refractivity contribution in [2.24, 2.45) is 0 Å². The Kier molecular flexibility index (Phi) is 3.53. The maximum absolute atomic E-state index is 12.5. The van der Waals surface area contributed by atoms with E-state index < -0.39 is 29.8 Å². The lowest BCUT2D eigenvalue weighted by Crippen LogP contribution is -2.30. The lowest BCUT2D eigenvalue weighted by Gasteiger charge is -2.31. The van der Waals surface area contributed by atoms with Crippen LogP contribution in [0, 0.1) is 0 Å². The Morgan fingerprint density at radius 3 is 2.68 bits per heavy atom. The number of carbonyl (C=O) groups is 1. The Bertz CT molecular complexity index is 484. The first-order chi connectivity index (χ1) is 8.80. The largest absolute Gasteiger partial charge is 0.475 e. The molecular formula is C11H13F3N2O3. The van der Waals surface area contributed by atoms with Crippen molar-refractivity contribution in [3.8, 4) is 0 Å². The van der Waals surface area contributed by atoms with Crippen LogP contribution in [0.2, 0.25) is 0 Å².